The molecule has 288 valence electrons. The van der Waals surface area contributed by atoms with Gasteiger partial charge in [0.2, 0.25) is 0 Å². The molecule has 0 radical (unpaired) electrons. The SMILES string of the molecule is C=C1CN(CC2CC3c4ccccc4NC3CN2)C(C)(C)CC(C)(C)C(CNCC(C)(C)C)CC(C)(C)C1.CC.CC.CCC(C)C.CN. The van der Waals surface area contributed by atoms with Crippen LogP contribution in [0.4, 0.5) is 5.69 Å². The molecule has 0 bridgehead atoms. The highest BCUT2D eigenvalue weighted by Crippen LogP contribution is 2.46. The lowest BCUT2D eigenvalue weighted by molar-refractivity contribution is 0.0213. The highest BCUT2D eigenvalue weighted by Gasteiger charge is 2.43. The van der Waals surface area contributed by atoms with E-state index in [4.69, 9.17) is 0 Å². The van der Waals surface area contributed by atoms with Crippen molar-refractivity contribution in [2.24, 2.45) is 33.8 Å². The number of benzene rings is 1. The molecular weight excluding hydrogens is 599 g/mol. The summed E-state index contributed by atoms with van der Waals surface area (Å²) in [6.45, 7) is 46.5. The van der Waals surface area contributed by atoms with E-state index in [1.54, 1.807) is 0 Å². The van der Waals surface area contributed by atoms with Gasteiger partial charge in [0.05, 0.1) is 0 Å². The molecule has 1 aromatic rings. The van der Waals surface area contributed by atoms with E-state index < -0.39 is 0 Å². The Labute approximate surface area is 307 Å². The third-order valence-electron chi connectivity index (χ3n) is 10.4. The molecule has 1 aromatic carbocycles. The Hall–Kier alpha value is -1.40. The first-order valence-corrected chi connectivity index (χ1v) is 20.1. The van der Waals surface area contributed by atoms with Gasteiger partial charge in [0, 0.05) is 48.9 Å². The fourth-order valence-electron chi connectivity index (χ4n) is 7.93. The first-order chi connectivity index (χ1) is 22.8. The number of anilines is 1. The Bertz CT molecular complexity index is 1030. The van der Waals surface area contributed by atoms with E-state index in [1.807, 2.05) is 27.7 Å². The van der Waals surface area contributed by atoms with Crippen molar-refractivity contribution >= 4 is 5.69 Å². The van der Waals surface area contributed by atoms with Gasteiger partial charge in [0.25, 0.3) is 0 Å². The summed E-state index contributed by atoms with van der Waals surface area (Å²) in [5.74, 6) is 2.12. The molecule has 2 fully saturated rings. The van der Waals surface area contributed by atoms with Crippen molar-refractivity contribution in [2.75, 3.05) is 45.1 Å². The average Bonchev–Trinajstić information content (AvgIpc) is 3.39. The van der Waals surface area contributed by atoms with Gasteiger partial charge < -0.3 is 21.7 Å². The van der Waals surface area contributed by atoms with Gasteiger partial charge in [0.15, 0.2) is 0 Å². The highest BCUT2D eigenvalue weighted by molar-refractivity contribution is 5.59. The van der Waals surface area contributed by atoms with Crippen molar-refractivity contribution in [1.82, 2.24) is 15.5 Å². The number of rotatable bonds is 6. The van der Waals surface area contributed by atoms with E-state index in [-0.39, 0.29) is 16.4 Å². The summed E-state index contributed by atoms with van der Waals surface area (Å²) in [6.07, 6.45) is 6.04. The third-order valence-corrected chi connectivity index (χ3v) is 10.4. The van der Waals surface area contributed by atoms with Gasteiger partial charge >= 0.3 is 0 Å². The number of hydrogen-bond donors (Lipinski definition) is 4. The summed E-state index contributed by atoms with van der Waals surface area (Å²) in [6, 6.07) is 9.96. The topological polar surface area (TPSA) is 65.3 Å². The number of para-hydroxylation sites is 1. The number of nitrogens with two attached hydrogens (primary N) is 1. The van der Waals surface area contributed by atoms with Crippen molar-refractivity contribution in [3.63, 3.8) is 0 Å². The van der Waals surface area contributed by atoms with Crippen LogP contribution < -0.4 is 21.7 Å². The molecule has 0 aliphatic carbocycles. The van der Waals surface area contributed by atoms with Gasteiger partial charge in [-0.25, -0.2) is 0 Å². The molecule has 5 N–H and O–H groups in total. The van der Waals surface area contributed by atoms with Crippen LogP contribution in [0.25, 0.3) is 0 Å². The number of fused-ring (bicyclic) bond motifs is 3. The van der Waals surface area contributed by atoms with E-state index in [9.17, 15) is 0 Å². The second kappa shape index (κ2) is 21.8. The summed E-state index contributed by atoms with van der Waals surface area (Å²) >= 11 is 0. The van der Waals surface area contributed by atoms with Crippen LogP contribution in [0.2, 0.25) is 0 Å². The zero-order valence-corrected chi connectivity index (χ0v) is 36.0. The summed E-state index contributed by atoms with van der Waals surface area (Å²) in [4.78, 5) is 2.78. The van der Waals surface area contributed by atoms with Gasteiger partial charge in [-0.15, -0.1) is 0 Å². The lowest BCUT2D eigenvalue weighted by Crippen LogP contribution is -2.57. The van der Waals surface area contributed by atoms with Gasteiger partial charge in [-0.2, -0.15) is 0 Å². The van der Waals surface area contributed by atoms with E-state index in [1.165, 1.54) is 49.6 Å². The van der Waals surface area contributed by atoms with E-state index >= 15 is 0 Å². The van der Waals surface area contributed by atoms with Crippen molar-refractivity contribution in [2.45, 2.75) is 166 Å². The Morgan fingerprint density at radius 1 is 1.00 bits per heavy atom. The minimum absolute atomic E-state index is 0.0978. The first-order valence-electron chi connectivity index (χ1n) is 20.1. The average molecular weight is 686 g/mol. The molecule has 3 aliphatic heterocycles. The maximum atomic E-state index is 4.64. The predicted octanol–water partition coefficient (Wildman–Crippen LogP) is 10.7. The molecule has 4 atom stereocenters. The Balaban J connectivity index is 0.00000186. The lowest BCUT2D eigenvalue weighted by Gasteiger charge is -2.50. The molecule has 5 heteroatoms. The second-order valence-corrected chi connectivity index (χ2v) is 18.1. The Kier molecular flexibility index (Phi) is 21.2. The van der Waals surface area contributed by atoms with Crippen LogP contribution in [0, 0.1) is 28.1 Å². The van der Waals surface area contributed by atoms with Crippen LogP contribution in [0.3, 0.4) is 0 Å². The molecule has 3 heterocycles. The van der Waals surface area contributed by atoms with Crippen LogP contribution >= 0.6 is 0 Å². The van der Waals surface area contributed by atoms with Gasteiger partial charge in [-0.05, 0) is 99.4 Å². The van der Waals surface area contributed by atoms with Crippen molar-refractivity contribution in [1.29, 1.82) is 0 Å². The molecule has 0 spiro atoms. The summed E-state index contributed by atoms with van der Waals surface area (Å²) in [7, 11) is 1.50. The molecule has 0 amide bonds. The minimum Gasteiger partial charge on any atom is -0.380 e. The van der Waals surface area contributed by atoms with Crippen LogP contribution in [-0.2, 0) is 0 Å². The third kappa shape index (κ3) is 16.2. The maximum Gasteiger partial charge on any atom is 0.0456 e. The zero-order valence-electron chi connectivity index (χ0n) is 36.0. The number of hydrogen-bond acceptors (Lipinski definition) is 5. The van der Waals surface area contributed by atoms with E-state index in [0.29, 0.717) is 29.3 Å². The first kappa shape index (κ1) is 47.6. The van der Waals surface area contributed by atoms with Crippen LogP contribution in [0.5, 0.6) is 0 Å². The van der Waals surface area contributed by atoms with Crippen molar-refractivity contribution in [3.05, 3.63) is 42.0 Å². The standard InChI is InChI=1S/C34H58N4.C5H12.2C2H6.CH5N/c1-24-16-32(5,6)17-25(18-35-23-31(2,3)4)33(7,8)22-34(9,10)38(20-24)21-26-15-28-27-13-11-12-14-29(27)37-30(28)19-36-26;1-4-5(2)3;3*1-2/h11-14,25-26,28,30,35-37H,1,15-23H2,2-10H3;5H,4H2,1-3H3;2*1-2H3;2H2,1H3. The predicted molar refractivity (Wildman–Crippen MR) is 223 cm³/mol. The number of nitrogens with zero attached hydrogens (tertiary/aromatic N) is 1. The molecular formula is C44H87N5. The summed E-state index contributed by atoms with van der Waals surface area (Å²) in [5.41, 5.74) is 9.65. The largest absolute Gasteiger partial charge is 0.380 e. The molecule has 4 unspecified atom stereocenters. The monoisotopic (exact) mass is 686 g/mol. The molecule has 2 saturated heterocycles. The van der Waals surface area contributed by atoms with Crippen LogP contribution in [-0.4, -0.2) is 62.3 Å². The fraction of sp³-hybridized carbons (Fsp3) is 0.818. The quantitative estimate of drug-likeness (QED) is 0.225. The van der Waals surface area contributed by atoms with E-state index in [0.717, 1.165) is 45.1 Å². The molecule has 3 aliphatic rings. The van der Waals surface area contributed by atoms with Crippen LogP contribution in [0.1, 0.15) is 154 Å². The number of nitrogens with one attached hydrogen (secondary N) is 3. The minimum atomic E-state index is 0.0978. The smallest absolute Gasteiger partial charge is 0.0456 e. The molecule has 4 rings (SSSR count). The van der Waals surface area contributed by atoms with E-state index in [2.05, 4.69) is 141 Å². The fourth-order valence-corrected chi connectivity index (χ4v) is 7.93. The molecule has 49 heavy (non-hydrogen) atoms. The van der Waals surface area contributed by atoms with Gasteiger partial charge in [-0.3, -0.25) is 4.90 Å². The van der Waals surface area contributed by atoms with Crippen LogP contribution in [0.15, 0.2) is 36.4 Å². The zero-order chi connectivity index (χ0) is 38.2. The highest BCUT2D eigenvalue weighted by atomic mass is 15.2. The lowest BCUT2D eigenvalue weighted by atomic mass is 9.64. The Morgan fingerprint density at radius 2 is 1.57 bits per heavy atom. The van der Waals surface area contributed by atoms with Crippen molar-refractivity contribution in [3.8, 4) is 0 Å². The van der Waals surface area contributed by atoms with Gasteiger partial charge in [0.1, 0.15) is 0 Å². The summed E-state index contributed by atoms with van der Waals surface area (Å²) < 4.78 is 0. The maximum absolute atomic E-state index is 4.64. The summed E-state index contributed by atoms with van der Waals surface area (Å²) in [5, 5.41) is 11.6. The number of piperidine rings is 1. The molecule has 5 nitrogen and oxygen atoms in total. The van der Waals surface area contributed by atoms with Crippen molar-refractivity contribution < 1.29 is 0 Å². The molecule has 0 saturated carbocycles. The van der Waals surface area contributed by atoms with Gasteiger partial charge in [-0.1, -0.05) is 134 Å². The normalized spacial score (nSPS) is 25.6. The Morgan fingerprint density at radius 3 is 2.12 bits per heavy atom. The molecule has 0 aromatic heterocycles. The second-order valence-electron chi connectivity index (χ2n) is 18.1.